The van der Waals surface area contributed by atoms with Crippen LogP contribution in [0.4, 0.5) is 18.9 Å². The van der Waals surface area contributed by atoms with E-state index in [0.29, 0.717) is 60.8 Å². The van der Waals surface area contributed by atoms with Crippen molar-refractivity contribution in [1.82, 2.24) is 4.90 Å². The molecule has 0 spiro atoms. The highest BCUT2D eigenvalue weighted by Gasteiger charge is 2.31. The molecule has 0 radical (unpaired) electrons. The van der Waals surface area contributed by atoms with Crippen molar-refractivity contribution in [1.29, 1.82) is 0 Å². The highest BCUT2D eigenvalue weighted by molar-refractivity contribution is 6.06. The van der Waals surface area contributed by atoms with E-state index in [1.165, 1.54) is 43.5 Å². The van der Waals surface area contributed by atoms with E-state index in [9.17, 15) is 18.0 Å². The second kappa shape index (κ2) is 10.8. The van der Waals surface area contributed by atoms with E-state index in [2.05, 4.69) is 4.90 Å². The molecule has 0 aromatic heterocycles. The minimum atomic E-state index is -0.602. The summed E-state index contributed by atoms with van der Waals surface area (Å²) in [6.07, 6.45) is 1.29. The molecule has 4 rings (SSSR count). The lowest BCUT2D eigenvalue weighted by Gasteiger charge is -2.39. The Balaban J connectivity index is 1.57. The van der Waals surface area contributed by atoms with Crippen molar-refractivity contribution in [2.45, 2.75) is 25.4 Å². The molecular formula is C27H27F3N2O3. The summed E-state index contributed by atoms with van der Waals surface area (Å²) >= 11 is 0. The zero-order valence-corrected chi connectivity index (χ0v) is 19.6. The first kappa shape index (κ1) is 24.6. The number of carbonyl (C=O) groups is 1. The number of piperidine rings is 1. The average Bonchev–Trinajstić information content (AvgIpc) is 2.87. The van der Waals surface area contributed by atoms with Gasteiger partial charge in [-0.25, -0.2) is 13.2 Å². The van der Waals surface area contributed by atoms with E-state index in [4.69, 9.17) is 9.47 Å². The molecule has 184 valence electrons. The SMILES string of the molecule is COc1ccc(N(C(=O)c2ccc(F)cc2)C2CCN(Cc3ccc(F)cc3F)CC2)cc1OC. The Bertz CT molecular complexity index is 1180. The van der Waals surface area contributed by atoms with E-state index >= 15 is 0 Å². The number of benzene rings is 3. The predicted octanol–water partition coefficient (Wildman–Crippen LogP) is 5.43. The summed E-state index contributed by atoms with van der Waals surface area (Å²) in [4.78, 5) is 17.4. The van der Waals surface area contributed by atoms with Crippen molar-refractivity contribution < 1.29 is 27.4 Å². The molecule has 1 aliphatic heterocycles. The van der Waals surface area contributed by atoms with E-state index in [1.54, 1.807) is 30.2 Å². The third kappa shape index (κ3) is 5.59. The van der Waals surface area contributed by atoms with Gasteiger partial charge in [0.25, 0.3) is 5.91 Å². The molecule has 5 nitrogen and oxygen atoms in total. The second-order valence-corrected chi connectivity index (χ2v) is 8.46. The maximum absolute atomic E-state index is 14.1. The number of rotatable bonds is 7. The van der Waals surface area contributed by atoms with Gasteiger partial charge in [-0.3, -0.25) is 9.69 Å². The lowest BCUT2D eigenvalue weighted by Crippen LogP contribution is -2.47. The normalized spacial score (nSPS) is 14.5. The molecule has 8 heteroatoms. The van der Waals surface area contributed by atoms with Crippen LogP contribution in [0.5, 0.6) is 11.5 Å². The summed E-state index contributed by atoms with van der Waals surface area (Å²) in [6.45, 7) is 1.62. The number of hydrogen-bond donors (Lipinski definition) is 0. The lowest BCUT2D eigenvalue weighted by atomic mass is 10.00. The monoisotopic (exact) mass is 484 g/mol. The zero-order valence-electron chi connectivity index (χ0n) is 19.6. The average molecular weight is 485 g/mol. The molecule has 35 heavy (non-hydrogen) atoms. The van der Waals surface area contributed by atoms with E-state index < -0.39 is 17.5 Å². The first-order chi connectivity index (χ1) is 16.9. The van der Waals surface area contributed by atoms with Crippen molar-refractivity contribution in [3.63, 3.8) is 0 Å². The number of likely N-dealkylation sites (tertiary alicyclic amines) is 1. The Morgan fingerprint density at radius 2 is 1.54 bits per heavy atom. The van der Waals surface area contributed by atoms with Crippen LogP contribution in [0.15, 0.2) is 60.7 Å². The van der Waals surface area contributed by atoms with Crippen LogP contribution in [-0.2, 0) is 6.54 Å². The standard InChI is InChI=1S/C27H27F3N2O3/c1-34-25-10-9-23(16-26(25)35-2)32(27(33)18-3-6-20(28)7-4-18)22-11-13-31(14-12-22)17-19-5-8-21(29)15-24(19)30/h3-10,15-16,22H,11-14,17H2,1-2H3. The van der Waals surface area contributed by atoms with Gasteiger partial charge < -0.3 is 14.4 Å². The Kier molecular flexibility index (Phi) is 7.60. The molecule has 3 aromatic rings. The van der Waals surface area contributed by atoms with Crippen LogP contribution >= 0.6 is 0 Å². The Labute approximate surface area is 202 Å². The third-order valence-corrected chi connectivity index (χ3v) is 6.29. The van der Waals surface area contributed by atoms with Crippen LogP contribution in [0, 0.1) is 17.5 Å². The molecule has 0 atom stereocenters. The Morgan fingerprint density at radius 1 is 0.886 bits per heavy atom. The molecule has 3 aromatic carbocycles. The smallest absolute Gasteiger partial charge is 0.258 e. The van der Waals surface area contributed by atoms with Crippen LogP contribution in [0.2, 0.25) is 0 Å². The topological polar surface area (TPSA) is 42.0 Å². The van der Waals surface area contributed by atoms with Gasteiger partial charge in [0, 0.05) is 54.6 Å². The first-order valence-electron chi connectivity index (χ1n) is 11.4. The van der Waals surface area contributed by atoms with E-state index in [0.717, 1.165) is 6.07 Å². The van der Waals surface area contributed by atoms with Crippen LogP contribution < -0.4 is 14.4 Å². The minimum Gasteiger partial charge on any atom is -0.493 e. The number of amides is 1. The lowest BCUT2D eigenvalue weighted by molar-refractivity contribution is 0.0958. The van der Waals surface area contributed by atoms with Gasteiger partial charge >= 0.3 is 0 Å². The highest BCUT2D eigenvalue weighted by Crippen LogP contribution is 2.34. The summed E-state index contributed by atoms with van der Waals surface area (Å²) < 4.78 is 51.6. The molecule has 0 unspecified atom stereocenters. The summed E-state index contributed by atoms with van der Waals surface area (Å²) in [6, 6.07) is 14.2. The molecule has 0 saturated carbocycles. The largest absolute Gasteiger partial charge is 0.493 e. The van der Waals surface area contributed by atoms with Gasteiger partial charge in [0.15, 0.2) is 11.5 Å². The van der Waals surface area contributed by atoms with Gasteiger partial charge in [-0.2, -0.15) is 0 Å². The minimum absolute atomic E-state index is 0.139. The van der Waals surface area contributed by atoms with Gasteiger partial charge in [-0.15, -0.1) is 0 Å². The predicted molar refractivity (Wildman–Crippen MR) is 127 cm³/mol. The van der Waals surface area contributed by atoms with Gasteiger partial charge in [0.1, 0.15) is 17.5 Å². The molecule has 0 bridgehead atoms. The fraction of sp³-hybridized carbons (Fsp3) is 0.296. The van der Waals surface area contributed by atoms with Crippen molar-refractivity contribution in [3.8, 4) is 11.5 Å². The molecule has 0 aliphatic carbocycles. The van der Waals surface area contributed by atoms with Crippen molar-refractivity contribution >= 4 is 11.6 Å². The Hall–Kier alpha value is -3.52. The van der Waals surface area contributed by atoms with Crippen molar-refractivity contribution in [3.05, 3.63) is 89.2 Å². The molecule has 1 aliphatic rings. The maximum atomic E-state index is 14.1. The quantitative estimate of drug-likeness (QED) is 0.448. The molecule has 1 saturated heterocycles. The van der Waals surface area contributed by atoms with Crippen LogP contribution in [0.25, 0.3) is 0 Å². The number of carbonyl (C=O) groups excluding carboxylic acids is 1. The molecule has 0 N–H and O–H groups in total. The third-order valence-electron chi connectivity index (χ3n) is 6.29. The highest BCUT2D eigenvalue weighted by atomic mass is 19.1. The fourth-order valence-corrected chi connectivity index (χ4v) is 4.43. The van der Waals surface area contributed by atoms with E-state index in [1.807, 2.05) is 0 Å². The van der Waals surface area contributed by atoms with E-state index in [-0.39, 0.29) is 11.9 Å². The van der Waals surface area contributed by atoms with Gasteiger partial charge in [-0.1, -0.05) is 6.07 Å². The van der Waals surface area contributed by atoms with Crippen molar-refractivity contribution in [2.75, 3.05) is 32.2 Å². The summed E-state index contributed by atoms with van der Waals surface area (Å²) in [7, 11) is 3.07. The summed E-state index contributed by atoms with van der Waals surface area (Å²) in [5, 5.41) is 0. The number of methoxy groups -OCH3 is 2. The van der Waals surface area contributed by atoms with Gasteiger partial charge in [0.05, 0.1) is 14.2 Å². The molecule has 1 heterocycles. The number of anilines is 1. The van der Waals surface area contributed by atoms with Gasteiger partial charge in [-0.05, 0) is 55.3 Å². The summed E-state index contributed by atoms with van der Waals surface area (Å²) in [5.74, 6) is -0.797. The summed E-state index contributed by atoms with van der Waals surface area (Å²) in [5.41, 5.74) is 1.45. The van der Waals surface area contributed by atoms with Crippen LogP contribution in [-0.4, -0.2) is 44.2 Å². The van der Waals surface area contributed by atoms with Gasteiger partial charge in [0.2, 0.25) is 0 Å². The number of hydrogen-bond acceptors (Lipinski definition) is 4. The van der Waals surface area contributed by atoms with Crippen LogP contribution in [0.1, 0.15) is 28.8 Å². The molecule has 1 amide bonds. The first-order valence-corrected chi connectivity index (χ1v) is 11.4. The molecular weight excluding hydrogens is 457 g/mol. The second-order valence-electron chi connectivity index (χ2n) is 8.46. The Morgan fingerprint density at radius 3 is 2.17 bits per heavy atom. The zero-order chi connectivity index (χ0) is 24.9. The maximum Gasteiger partial charge on any atom is 0.258 e. The number of ether oxygens (including phenoxy) is 2. The number of nitrogens with zero attached hydrogens (tertiary/aromatic N) is 2. The molecule has 1 fully saturated rings. The number of halogens is 3. The van der Waals surface area contributed by atoms with Crippen LogP contribution in [0.3, 0.4) is 0 Å². The fourth-order valence-electron chi connectivity index (χ4n) is 4.43. The van der Waals surface area contributed by atoms with Crippen molar-refractivity contribution in [2.24, 2.45) is 0 Å².